The van der Waals surface area contributed by atoms with Gasteiger partial charge in [-0.2, -0.15) is 5.26 Å². The first-order valence-corrected chi connectivity index (χ1v) is 11.2. The zero-order valence-electron chi connectivity index (χ0n) is 17.9. The molecule has 0 aliphatic heterocycles. The molecule has 1 N–H and O–H groups in total. The number of benzene rings is 3. The molecule has 1 fully saturated rings. The molecule has 4 heteroatoms. The van der Waals surface area contributed by atoms with E-state index >= 15 is 0 Å². The molecular weight excluding hydrogens is 394 g/mol. The number of fused-ring (bicyclic) bond motifs is 2. The van der Waals surface area contributed by atoms with Gasteiger partial charge in [0, 0.05) is 35.2 Å². The smallest absolute Gasteiger partial charge is 0.262 e. The van der Waals surface area contributed by atoms with Crippen molar-refractivity contribution in [3.63, 3.8) is 0 Å². The molecule has 0 spiro atoms. The van der Waals surface area contributed by atoms with Gasteiger partial charge >= 0.3 is 0 Å². The monoisotopic (exact) mass is 419 g/mol. The van der Waals surface area contributed by atoms with Crippen molar-refractivity contribution in [3.05, 3.63) is 89.6 Å². The van der Waals surface area contributed by atoms with Gasteiger partial charge in [0.25, 0.3) is 5.91 Å². The number of nitriles is 1. The Bertz CT molecular complexity index is 1360. The Kier molecular flexibility index (Phi) is 5.47. The minimum absolute atomic E-state index is 0.157. The first-order valence-electron chi connectivity index (χ1n) is 11.2. The molecule has 1 aromatic heterocycles. The summed E-state index contributed by atoms with van der Waals surface area (Å²) in [6, 6.07) is 25.2. The van der Waals surface area contributed by atoms with Crippen molar-refractivity contribution in [1.82, 2.24) is 9.88 Å². The van der Waals surface area contributed by atoms with Crippen molar-refractivity contribution in [3.8, 4) is 6.07 Å². The number of nitrogens with zero attached hydrogens (tertiary/aromatic N) is 2. The molecule has 158 valence electrons. The van der Waals surface area contributed by atoms with E-state index in [0.717, 1.165) is 42.1 Å². The summed E-state index contributed by atoms with van der Waals surface area (Å²) in [6.45, 7) is 0.714. The van der Waals surface area contributed by atoms with Crippen molar-refractivity contribution in [2.45, 2.75) is 38.3 Å². The Hall–Kier alpha value is -3.84. The number of rotatable bonds is 5. The Morgan fingerprint density at radius 1 is 1.00 bits per heavy atom. The van der Waals surface area contributed by atoms with Crippen LogP contribution in [0.15, 0.2) is 78.5 Å². The summed E-state index contributed by atoms with van der Waals surface area (Å²) in [6.07, 6.45) is 8.04. The van der Waals surface area contributed by atoms with Gasteiger partial charge < -0.3 is 9.88 Å². The predicted octanol–water partition coefficient (Wildman–Crippen LogP) is 5.81. The number of amides is 1. The first kappa shape index (κ1) is 20.1. The van der Waals surface area contributed by atoms with Crippen LogP contribution in [0.3, 0.4) is 0 Å². The van der Waals surface area contributed by atoms with Crippen molar-refractivity contribution in [1.29, 1.82) is 5.26 Å². The minimum atomic E-state index is -0.273. The Balaban J connectivity index is 1.52. The minimum Gasteiger partial charge on any atom is -0.349 e. The lowest BCUT2D eigenvalue weighted by molar-refractivity contribution is -0.117. The van der Waals surface area contributed by atoms with E-state index in [1.165, 1.54) is 16.3 Å². The van der Waals surface area contributed by atoms with Crippen LogP contribution in [-0.2, 0) is 11.3 Å². The van der Waals surface area contributed by atoms with E-state index in [1.54, 1.807) is 6.08 Å². The molecule has 32 heavy (non-hydrogen) atoms. The summed E-state index contributed by atoms with van der Waals surface area (Å²) in [5, 5.41) is 16.2. The summed E-state index contributed by atoms with van der Waals surface area (Å²) < 4.78 is 2.20. The molecule has 1 heterocycles. The molecule has 5 rings (SSSR count). The molecule has 0 saturated heterocycles. The summed E-state index contributed by atoms with van der Waals surface area (Å²) in [5.41, 5.74) is 3.36. The maximum Gasteiger partial charge on any atom is 0.262 e. The second-order valence-electron chi connectivity index (χ2n) is 8.49. The SMILES string of the molecule is N#C/C(=C/c1cn(Cc2cccc3ccccc23)c2ccccc12)C(=O)NC1CCCC1. The molecule has 0 unspecified atom stereocenters. The highest BCUT2D eigenvalue weighted by molar-refractivity contribution is 6.04. The average molecular weight is 420 g/mol. The molecule has 0 bridgehead atoms. The van der Waals surface area contributed by atoms with Gasteiger partial charge in [-0.05, 0) is 41.3 Å². The third kappa shape index (κ3) is 3.90. The van der Waals surface area contributed by atoms with E-state index in [2.05, 4.69) is 64.5 Å². The number of carbonyl (C=O) groups excluding carboxylic acids is 1. The van der Waals surface area contributed by atoms with Crippen molar-refractivity contribution in [2.24, 2.45) is 0 Å². The number of carbonyl (C=O) groups is 1. The Labute approximate surface area is 187 Å². The number of nitrogens with one attached hydrogen (secondary N) is 1. The van der Waals surface area contributed by atoms with Crippen molar-refractivity contribution < 1.29 is 4.79 Å². The third-order valence-electron chi connectivity index (χ3n) is 6.40. The molecule has 0 atom stereocenters. The molecule has 0 radical (unpaired) electrons. The highest BCUT2D eigenvalue weighted by atomic mass is 16.1. The molecule has 1 saturated carbocycles. The Morgan fingerprint density at radius 3 is 2.53 bits per heavy atom. The number of hydrogen-bond donors (Lipinski definition) is 1. The van der Waals surface area contributed by atoms with Crippen LogP contribution in [0, 0.1) is 11.3 Å². The summed E-state index contributed by atoms with van der Waals surface area (Å²) in [5.74, 6) is -0.273. The van der Waals surface area contributed by atoms with Crippen LogP contribution >= 0.6 is 0 Å². The highest BCUT2D eigenvalue weighted by Crippen LogP contribution is 2.27. The predicted molar refractivity (Wildman–Crippen MR) is 129 cm³/mol. The van der Waals surface area contributed by atoms with Crippen LogP contribution in [0.25, 0.3) is 27.8 Å². The zero-order valence-corrected chi connectivity index (χ0v) is 17.9. The average Bonchev–Trinajstić information content (AvgIpc) is 3.46. The van der Waals surface area contributed by atoms with Gasteiger partial charge in [-0.25, -0.2) is 0 Å². The van der Waals surface area contributed by atoms with E-state index in [0.29, 0.717) is 6.54 Å². The van der Waals surface area contributed by atoms with Crippen molar-refractivity contribution >= 4 is 33.7 Å². The van der Waals surface area contributed by atoms with Gasteiger partial charge in [0.1, 0.15) is 11.6 Å². The first-order chi connectivity index (χ1) is 15.7. The lowest BCUT2D eigenvalue weighted by Gasteiger charge is -2.10. The van der Waals surface area contributed by atoms with Gasteiger partial charge in [-0.15, -0.1) is 0 Å². The Morgan fingerprint density at radius 2 is 1.72 bits per heavy atom. The maximum absolute atomic E-state index is 12.7. The van der Waals surface area contributed by atoms with Crippen LogP contribution in [0.2, 0.25) is 0 Å². The van der Waals surface area contributed by atoms with Crippen LogP contribution in [0.5, 0.6) is 0 Å². The van der Waals surface area contributed by atoms with Crippen LogP contribution in [-0.4, -0.2) is 16.5 Å². The van der Waals surface area contributed by atoms with E-state index in [9.17, 15) is 10.1 Å². The summed E-state index contributed by atoms with van der Waals surface area (Å²) in [4.78, 5) is 12.7. The third-order valence-corrected chi connectivity index (χ3v) is 6.40. The van der Waals surface area contributed by atoms with E-state index in [1.807, 2.05) is 24.4 Å². The van der Waals surface area contributed by atoms with Gasteiger partial charge in [0.05, 0.1) is 0 Å². The van der Waals surface area contributed by atoms with Crippen LogP contribution in [0.4, 0.5) is 0 Å². The summed E-state index contributed by atoms with van der Waals surface area (Å²) in [7, 11) is 0. The highest BCUT2D eigenvalue weighted by Gasteiger charge is 2.20. The van der Waals surface area contributed by atoms with Crippen LogP contribution in [0.1, 0.15) is 36.8 Å². The molecule has 1 aliphatic carbocycles. The largest absolute Gasteiger partial charge is 0.349 e. The number of aromatic nitrogens is 1. The van der Waals surface area contributed by atoms with E-state index in [4.69, 9.17) is 0 Å². The normalized spacial score (nSPS) is 14.7. The van der Waals surface area contributed by atoms with Gasteiger partial charge in [0.15, 0.2) is 0 Å². The lowest BCUT2D eigenvalue weighted by atomic mass is 10.0. The van der Waals surface area contributed by atoms with Gasteiger partial charge in [0.2, 0.25) is 0 Å². The number of hydrogen-bond acceptors (Lipinski definition) is 2. The number of para-hydroxylation sites is 1. The molecular formula is C28H25N3O. The van der Waals surface area contributed by atoms with E-state index in [-0.39, 0.29) is 17.5 Å². The second kappa shape index (κ2) is 8.72. The molecule has 3 aromatic carbocycles. The van der Waals surface area contributed by atoms with Gasteiger partial charge in [-0.1, -0.05) is 73.5 Å². The zero-order chi connectivity index (χ0) is 21.9. The molecule has 4 nitrogen and oxygen atoms in total. The fourth-order valence-corrected chi connectivity index (χ4v) is 4.77. The van der Waals surface area contributed by atoms with Crippen molar-refractivity contribution in [2.75, 3.05) is 0 Å². The quantitative estimate of drug-likeness (QED) is 0.328. The molecule has 4 aromatic rings. The lowest BCUT2D eigenvalue weighted by Crippen LogP contribution is -2.33. The maximum atomic E-state index is 12.7. The summed E-state index contributed by atoms with van der Waals surface area (Å²) >= 11 is 0. The van der Waals surface area contributed by atoms with E-state index < -0.39 is 0 Å². The fourth-order valence-electron chi connectivity index (χ4n) is 4.77. The van der Waals surface area contributed by atoms with Gasteiger partial charge in [-0.3, -0.25) is 4.79 Å². The topological polar surface area (TPSA) is 57.8 Å². The molecule has 1 amide bonds. The standard InChI is InChI=1S/C28H25N3O/c29-17-22(28(32)30-24-11-2-3-12-24)16-23-19-31(27-15-6-5-14-26(23)27)18-21-10-7-9-20-8-1-4-13-25(20)21/h1,4-10,13-16,19,24H,2-3,11-12,18H2,(H,30,32)/b22-16-. The molecule has 1 aliphatic rings. The van der Waals surface area contributed by atoms with Crippen LogP contribution < -0.4 is 5.32 Å². The fraction of sp³-hybridized carbons (Fsp3) is 0.214. The second-order valence-corrected chi connectivity index (χ2v) is 8.49.